The highest BCUT2D eigenvalue weighted by atomic mass is 16.6. The van der Waals surface area contributed by atoms with Crippen LogP contribution in [0.4, 0.5) is 0 Å². The number of fused-ring (bicyclic) bond motifs is 4. The predicted molar refractivity (Wildman–Crippen MR) is 82.8 cm³/mol. The fourth-order valence-electron chi connectivity index (χ4n) is 4.91. The molecule has 3 fully saturated rings. The van der Waals surface area contributed by atoms with Gasteiger partial charge in [-0.2, -0.15) is 0 Å². The largest absolute Gasteiger partial charge is 0.462 e. The normalized spacial score (nSPS) is 47.2. The smallest absolute Gasteiger partial charge is 0.351 e. The molecule has 0 spiro atoms. The lowest BCUT2D eigenvalue weighted by Crippen LogP contribution is -2.49. The molecule has 0 radical (unpaired) electrons. The molecule has 4 bridgehead atoms. The van der Waals surface area contributed by atoms with Crippen LogP contribution < -0.4 is 0 Å². The number of carbonyl (C=O) groups is 2. The average molecular weight is 336 g/mol. The average Bonchev–Trinajstić information content (AvgIpc) is 3.22. The topological polar surface area (TPSA) is 82.1 Å². The van der Waals surface area contributed by atoms with Crippen molar-refractivity contribution in [2.45, 2.75) is 51.4 Å². The van der Waals surface area contributed by atoms with Crippen LogP contribution in [0.15, 0.2) is 12.2 Å². The summed E-state index contributed by atoms with van der Waals surface area (Å²) in [7, 11) is 0. The minimum absolute atomic E-state index is 0.00256. The third kappa shape index (κ3) is 1.68. The standard InChI is InChI=1S/C18H24O6/c1-16(2)17(3)6-7-18(16,24-14(17)20)15(21)22-9-11-10(8-19)12-4-5-13(11)23-12/h4-5,10-13,19H,6-9H2,1-3H3/t10-,11+,12-,13+,17+,18-/m1/s1. The van der Waals surface area contributed by atoms with E-state index in [4.69, 9.17) is 14.2 Å². The summed E-state index contributed by atoms with van der Waals surface area (Å²) >= 11 is 0. The Balaban J connectivity index is 1.50. The molecule has 3 heterocycles. The van der Waals surface area contributed by atoms with Crippen molar-refractivity contribution in [3.8, 4) is 0 Å². The number of ether oxygens (including phenoxy) is 3. The van der Waals surface area contributed by atoms with Gasteiger partial charge in [0.05, 0.1) is 24.2 Å². The van der Waals surface area contributed by atoms with Gasteiger partial charge in [-0.25, -0.2) is 4.79 Å². The van der Waals surface area contributed by atoms with Crippen LogP contribution in [0.25, 0.3) is 0 Å². The van der Waals surface area contributed by atoms with Crippen molar-refractivity contribution in [1.29, 1.82) is 0 Å². The Bertz CT molecular complexity index is 625. The maximum absolute atomic E-state index is 12.9. The zero-order chi connectivity index (χ0) is 17.3. The number of hydrogen-bond donors (Lipinski definition) is 1. The van der Waals surface area contributed by atoms with Crippen molar-refractivity contribution >= 4 is 11.9 Å². The third-order valence-corrected chi connectivity index (χ3v) is 7.23. The van der Waals surface area contributed by atoms with Gasteiger partial charge in [0.25, 0.3) is 0 Å². The minimum Gasteiger partial charge on any atom is -0.462 e. The maximum atomic E-state index is 12.9. The van der Waals surface area contributed by atoms with E-state index in [1.54, 1.807) is 0 Å². The summed E-state index contributed by atoms with van der Waals surface area (Å²) in [5.41, 5.74) is -2.44. The van der Waals surface area contributed by atoms with E-state index in [0.29, 0.717) is 12.8 Å². The number of esters is 2. The van der Waals surface area contributed by atoms with Gasteiger partial charge in [0.2, 0.25) is 5.60 Å². The second-order valence-electron chi connectivity index (χ2n) is 8.23. The molecule has 1 saturated carbocycles. The van der Waals surface area contributed by atoms with Gasteiger partial charge in [-0.3, -0.25) is 4.79 Å². The second-order valence-corrected chi connectivity index (χ2v) is 8.23. The SMILES string of the molecule is CC1(C)[C@@]2(C)CC[C@]1(C(=O)OC[C@H]1[C@@H](CO)[C@H]3C=C[C@@H]1O3)OC2=O. The lowest BCUT2D eigenvalue weighted by Gasteiger charge is -2.35. The third-order valence-electron chi connectivity index (χ3n) is 7.23. The molecule has 4 rings (SSSR count). The lowest BCUT2D eigenvalue weighted by atomic mass is 9.66. The summed E-state index contributed by atoms with van der Waals surface area (Å²) in [5.74, 6) is -0.891. The van der Waals surface area contributed by atoms with Gasteiger partial charge in [-0.05, 0) is 19.8 Å². The minimum atomic E-state index is -1.19. The van der Waals surface area contributed by atoms with Gasteiger partial charge in [-0.15, -0.1) is 0 Å². The zero-order valence-electron chi connectivity index (χ0n) is 14.3. The molecule has 1 N–H and O–H groups in total. The summed E-state index contributed by atoms with van der Waals surface area (Å²) in [6.07, 6.45) is 4.82. The number of aliphatic hydroxyl groups excluding tert-OH is 1. The molecular formula is C18H24O6. The van der Waals surface area contributed by atoms with E-state index in [2.05, 4.69) is 0 Å². The van der Waals surface area contributed by atoms with Crippen LogP contribution in [0.3, 0.4) is 0 Å². The Morgan fingerprint density at radius 2 is 1.92 bits per heavy atom. The molecule has 0 amide bonds. The number of hydrogen-bond acceptors (Lipinski definition) is 6. The molecule has 132 valence electrons. The molecular weight excluding hydrogens is 312 g/mol. The van der Waals surface area contributed by atoms with Crippen molar-refractivity contribution in [3.05, 3.63) is 12.2 Å². The Kier molecular flexibility index (Phi) is 3.23. The molecule has 0 aromatic rings. The van der Waals surface area contributed by atoms with Crippen LogP contribution in [-0.2, 0) is 23.8 Å². The summed E-state index contributed by atoms with van der Waals surface area (Å²) in [5, 5.41) is 9.57. The molecule has 6 atom stereocenters. The van der Waals surface area contributed by atoms with E-state index in [1.807, 2.05) is 32.9 Å². The summed E-state index contributed by atoms with van der Waals surface area (Å²) in [6.45, 7) is 5.85. The van der Waals surface area contributed by atoms with Crippen LogP contribution in [-0.4, -0.2) is 48.1 Å². The van der Waals surface area contributed by atoms with Crippen LogP contribution in [0.5, 0.6) is 0 Å². The van der Waals surface area contributed by atoms with Crippen LogP contribution in [0.2, 0.25) is 0 Å². The quantitative estimate of drug-likeness (QED) is 0.614. The molecule has 0 unspecified atom stereocenters. The van der Waals surface area contributed by atoms with Crippen LogP contribution in [0, 0.1) is 22.7 Å². The van der Waals surface area contributed by atoms with Crippen molar-refractivity contribution in [1.82, 2.24) is 0 Å². The van der Waals surface area contributed by atoms with Crippen molar-refractivity contribution in [3.63, 3.8) is 0 Å². The summed E-state index contributed by atoms with van der Waals surface area (Å²) in [4.78, 5) is 25.1. The first-order valence-corrected chi connectivity index (χ1v) is 8.62. The van der Waals surface area contributed by atoms with E-state index in [9.17, 15) is 14.7 Å². The van der Waals surface area contributed by atoms with Gasteiger partial charge in [-0.1, -0.05) is 26.0 Å². The number of aliphatic hydroxyl groups is 1. The number of carbonyl (C=O) groups excluding carboxylic acids is 2. The molecule has 24 heavy (non-hydrogen) atoms. The zero-order valence-corrected chi connectivity index (χ0v) is 14.3. The number of rotatable bonds is 4. The molecule has 0 aromatic heterocycles. The molecule has 4 aliphatic rings. The molecule has 3 aliphatic heterocycles. The van der Waals surface area contributed by atoms with Gasteiger partial charge in [0.1, 0.15) is 0 Å². The molecule has 2 saturated heterocycles. The molecule has 6 heteroatoms. The fourth-order valence-corrected chi connectivity index (χ4v) is 4.91. The highest BCUT2D eigenvalue weighted by molar-refractivity contribution is 5.93. The Morgan fingerprint density at radius 3 is 2.46 bits per heavy atom. The Hall–Kier alpha value is -1.40. The molecule has 0 aromatic carbocycles. The Labute approximate surface area is 141 Å². The van der Waals surface area contributed by atoms with Gasteiger partial charge in [0.15, 0.2) is 0 Å². The van der Waals surface area contributed by atoms with Crippen LogP contribution in [0.1, 0.15) is 33.6 Å². The van der Waals surface area contributed by atoms with Gasteiger partial charge in [0, 0.05) is 23.9 Å². The highest BCUT2D eigenvalue weighted by Gasteiger charge is 2.76. The van der Waals surface area contributed by atoms with E-state index in [1.165, 1.54) is 0 Å². The summed E-state index contributed by atoms with van der Waals surface area (Å²) < 4.78 is 16.9. The van der Waals surface area contributed by atoms with Gasteiger partial charge < -0.3 is 19.3 Å². The maximum Gasteiger partial charge on any atom is 0.351 e. The van der Waals surface area contributed by atoms with Crippen molar-refractivity contribution in [2.75, 3.05) is 13.2 Å². The molecule has 6 nitrogen and oxygen atoms in total. The Morgan fingerprint density at radius 1 is 1.25 bits per heavy atom. The van der Waals surface area contributed by atoms with E-state index in [-0.39, 0.29) is 43.2 Å². The first-order valence-electron chi connectivity index (χ1n) is 8.62. The van der Waals surface area contributed by atoms with Crippen molar-refractivity contribution in [2.24, 2.45) is 22.7 Å². The van der Waals surface area contributed by atoms with Gasteiger partial charge >= 0.3 is 11.9 Å². The second kappa shape index (κ2) is 4.82. The van der Waals surface area contributed by atoms with Crippen LogP contribution >= 0.6 is 0 Å². The summed E-state index contributed by atoms with van der Waals surface area (Å²) in [6, 6.07) is 0. The molecule has 1 aliphatic carbocycles. The van der Waals surface area contributed by atoms with E-state index in [0.717, 1.165) is 0 Å². The van der Waals surface area contributed by atoms with Crippen molar-refractivity contribution < 1.29 is 28.9 Å². The van der Waals surface area contributed by atoms with E-state index >= 15 is 0 Å². The van der Waals surface area contributed by atoms with E-state index < -0.39 is 22.4 Å². The monoisotopic (exact) mass is 336 g/mol. The fraction of sp³-hybridized carbons (Fsp3) is 0.778. The lowest BCUT2D eigenvalue weighted by molar-refractivity contribution is -0.184. The highest BCUT2D eigenvalue weighted by Crippen LogP contribution is 2.65. The first-order chi connectivity index (χ1) is 11.3. The first kappa shape index (κ1) is 16.1. The predicted octanol–water partition coefficient (Wildman–Crippen LogP) is 1.21.